The molecule has 154 valence electrons. The zero-order valence-corrected chi connectivity index (χ0v) is 17.1. The number of amides is 1. The minimum absolute atomic E-state index is 0.0275. The summed E-state index contributed by atoms with van der Waals surface area (Å²) in [6.45, 7) is 4.00. The second-order valence-corrected chi connectivity index (χ2v) is 7.22. The summed E-state index contributed by atoms with van der Waals surface area (Å²) in [6, 6.07) is 22.9. The standard InChI is InChI=1S/C24H20N4O3/c1-16-8-9-19(14-17(16)2)25-24(29)23-15-22(18-6-4-3-5-7-18)26-27(23)20-10-12-21(13-11-20)28(30)31/h3-15H,1-2H3,(H,25,29). The predicted octanol–water partition coefficient (Wildman–Crippen LogP) is 5.32. The van der Waals surface area contributed by atoms with Crippen LogP contribution in [0.4, 0.5) is 11.4 Å². The maximum atomic E-state index is 13.1. The molecule has 0 bridgehead atoms. The Kier molecular flexibility index (Phi) is 5.32. The molecular formula is C24H20N4O3. The van der Waals surface area contributed by atoms with Crippen molar-refractivity contribution in [3.63, 3.8) is 0 Å². The first-order chi connectivity index (χ1) is 14.9. The lowest BCUT2D eigenvalue weighted by Crippen LogP contribution is -2.17. The van der Waals surface area contributed by atoms with Crippen molar-refractivity contribution in [2.75, 3.05) is 5.32 Å². The largest absolute Gasteiger partial charge is 0.321 e. The summed E-state index contributed by atoms with van der Waals surface area (Å²) in [4.78, 5) is 23.7. The van der Waals surface area contributed by atoms with Gasteiger partial charge in [-0.1, -0.05) is 36.4 Å². The average molecular weight is 412 g/mol. The van der Waals surface area contributed by atoms with E-state index in [2.05, 4.69) is 10.4 Å². The normalized spacial score (nSPS) is 10.6. The number of rotatable bonds is 5. The molecule has 0 radical (unpaired) electrons. The number of nitro groups is 1. The molecule has 31 heavy (non-hydrogen) atoms. The molecule has 1 amide bonds. The molecule has 0 aliphatic carbocycles. The minimum atomic E-state index is -0.463. The van der Waals surface area contributed by atoms with Crippen LogP contribution >= 0.6 is 0 Å². The third kappa shape index (κ3) is 4.20. The Bertz CT molecular complexity index is 1260. The van der Waals surface area contributed by atoms with Gasteiger partial charge >= 0.3 is 0 Å². The average Bonchev–Trinajstić information content (AvgIpc) is 3.23. The molecule has 0 atom stereocenters. The monoisotopic (exact) mass is 412 g/mol. The van der Waals surface area contributed by atoms with Crippen LogP contribution in [0.15, 0.2) is 78.9 Å². The fourth-order valence-electron chi connectivity index (χ4n) is 3.22. The van der Waals surface area contributed by atoms with E-state index in [1.54, 1.807) is 18.2 Å². The SMILES string of the molecule is Cc1ccc(NC(=O)c2cc(-c3ccccc3)nn2-c2ccc([N+](=O)[O-])cc2)cc1C. The van der Waals surface area contributed by atoms with Crippen molar-refractivity contribution in [3.05, 3.63) is 106 Å². The number of hydrogen-bond donors (Lipinski definition) is 1. The molecule has 0 saturated heterocycles. The summed E-state index contributed by atoms with van der Waals surface area (Å²) in [5.74, 6) is -0.323. The van der Waals surface area contributed by atoms with E-state index in [9.17, 15) is 14.9 Å². The van der Waals surface area contributed by atoms with Gasteiger partial charge in [-0.15, -0.1) is 0 Å². The lowest BCUT2D eigenvalue weighted by Gasteiger charge is -2.10. The number of benzene rings is 3. The minimum Gasteiger partial charge on any atom is -0.321 e. The van der Waals surface area contributed by atoms with Crippen molar-refractivity contribution in [1.82, 2.24) is 9.78 Å². The van der Waals surface area contributed by atoms with Crippen LogP contribution in [0, 0.1) is 24.0 Å². The van der Waals surface area contributed by atoms with E-state index < -0.39 is 4.92 Å². The molecular weight excluding hydrogens is 392 g/mol. The molecule has 7 heteroatoms. The van der Waals surface area contributed by atoms with Crippen LogP contribution < -0.4 is 5.32 Å². The molecule has 0 fully saturated rings. The van der Waals surface area contributed by atoms with Crippen LogP contribution in [0.3, 0.4) is 0 Å². The van der Waals surface area contributed by atoms with Crippen molar-refractivity contribution in [2.24, 2.45) is 0 Å². The fourth-order valence-corrected chi connectivity index (χ4v) is 3.22. The predicted molar refractivity (Wildman–Crippen MR) is 120 cm³/mol. The fraction of sp³-hybridized carbons (Fsp3) is 0.0833. The van der Waals surface area contributed by atoms with Gasteiger partial charge in [-0.2, -0.15) is 5.10 Å². The molecule has 0 saturated carbocycles. The van der Waals surface area contributed by atoms with Gasteiger partial charge in [0.2, 0.25) is 0 Å². The smallest absolute Gasteiger partial charge is 0.274 e. The molecule has 0 aliphatic heterocycles. The zero-order chi connectivity index (χ0) is 22.0. The van der Waals surface area contributed by atoms with Gasteiger partial charge in [0, 0.05) is 23.4 Å². The van der Waals surface area contributed by atoms with Gasteiger partial charge in [0.25, 0.3) is 11.6 Å². The van der Waals surface area contributed by atoms with Crippen LogP contribution in [0.1, 0.15) is 21.6 Å². The molecule has 0 unspecified atom stereocenters. The number of nitrogens with zero attached hydrogens (tertiary/aromatic N) is 3. The molecule has 0 aliphatic rings. The summed E-state index contributed by atoms with van der Waals surface area (Å²) < 4.78 is 1.50. The third-order valence-electron chi connectivity index (χ3n) is 5.08. The van der Waals surface area contributed by atoms with Gasteiger partial charge in [0.15, 0.2) is 0 Å². The van der Waals surface area contributed by atoms with Gasteiger partial charge in [-0.05, 0) is 55.3 Å². The highest BCUT2D eigenvalue weighted by atomic mass is 16.6. The van der Waals surface area contributed by atoms with Gasteiger partial charge < -0.3 is 5.32 Å². The summed E-state index contributed by atoms with van der Waals surface area (Å²) in [6.07, 6.45) is 0. The number of non-ortho nitro benzene ring substituents is 1. The van der Waals surface area contributed by atoms with Crippen LogP contribution in [0.2, 0.25) is 0 Å². The van der Waals surface area contributed by atoms with Gasteiger partial charge in [-0.3, -0.25) is 14.9 Å². The lowest BCUT2D eigenvalue weighted by atomic mass is 10.1. The second kappa shape index (κ2) is 8.23. The van der Waals surface area contributed by atoms with Gasteiger partial charge in [-0.25, -0.2) is 4.68 Å². The molecule has 1 aromatic heterocycles. The number of nitro benzene ring substituents is 1. The maximum absolute atomic E-state index is 13.1. The summed E-state index contributed by atoms with van der Waals surface area (Å²) >= 11 is 0. The van der Waals surface area contributed by atoms with E-state index in [0.29, 0.717) is 22.8 Å². The Labute approximate surface area is 179 Å². The first-order valence-corrected chi connectivity index (χ1v) is 9.71. The molecule has 4 rings (SSSR count). The number of aromatic nitrogens is 2. The van der Waals surface area contributed by atoms with E-state index in [0.717, 1.165) is 16.7 Å². The summed E-state index contributed by atoms with van der Waals surface area (Å²) in [5, 5.41) is 18.5. The number of nitrogens with one attached hydrogen (secondary N) is 1. The van der Waals surface area contributed by atoms with Crippen molar-refractivity contribution in [3.8, 4) is 16.9 Å². The second-order valence-electron chi connectivity index (χ2n) is 7.22. The Balaban J connectivity index is 1.75. The maximum Gasteiger partial charge on any atom is 0.274 e. The van der Waals surface area contributed by atoms with Gasteiger partial charge in [0.05, 0.1) is 16.3 Å². The molecule has 7 nitrogen and oxygen atoms in total. The van der Waals surface area contributed by atoms with Crippen LogP contribution in [0.5, 0.6) is 0 Å². The quantitative estimate of drug-likeness (QED) is 0.355. The number of anilines is 1. The Morgan fingerprint density at radius 2 is 1.65 bits per heavy atom. The summed E-state index contributed by atoms with van der Waals surface area (Å²) in [5.41, 5.74) is 5.25. The third-order valence-corrected chi connectivity index (χ3v) is 5.08. The molecule has 4 aromatic rings. The van der Waals surface area contributed by atoms with Crippen LogP contribution in [-0.4, -0.2) is 20.6 Å². The Morgan fingerprint density at radius 1 is 0.935 bits per heavy atom. The lowest BCUT2D eigenvalue weighted by molar-refractivity contribution is -0.384. The van der Waals surface area contributed by atoms with Gasteiger partial charge in [0.1, 0.15) is 5.69 Å². The van der Waals surface area contributed by atoms with Crippen LogP contribution in [0.25, 0.3) is 16.9 Å². The first-order valence-electron chi connectivity index (χ1n) is 9.71. The number of carbonyl (C=O) groups is 1. The first kappa shape index (κ1) is 20.0. The highest BCUT2D eigenvalue weighted by Crippen LogP contribution is 2.24. The molecule has 3 aromatic carbocycles. The zero-order valence-electron chi connectivity index (χ0n) is 17.1. The van der Waals surface area contributed by atoms with E-state index in [1.807, 2.05) is 62.4 Å². The van der Waals surface area contributed by atoms with Crippen molar-refractivity contribution in [1.29, 1.82) is 0 Å². The molecule has 0 spiro atoms. The number of hydrogen-bond acceptors (Lipinski definition) is 4. The van der Waals surface area contributed by atoms with E-state index in [-0.39, 0.29) is 11.6 Å². The van der Waals surface area contributed by atoms with Crippen molar-refractivity contribution < 1.29 is 9.72 Å². The van der Waals surface area contributed by atoms with E-state index >= 15 is 0 Å². The number of carbonyl (C=O) groups excluding carboxylic acids is 1. The van der Waals surface area contributed by atoms with Crippen LogP contribution in [-0.2, 0) is 0 Å². The van der Waals surface area contributed by atoms with E-state index in [1.165, 1.54) is 16.8 Å². The highest BCUT2D eigenvalue weighted by molar-refractivity contribution is 6.04. The Hall–Kier alpha value is -4.26. The van der Waals surface area contributed by atoms with Crippen molar-refractivity contribution >= 4 is 17.3 Å². The van der Waals surface area contributed by atoms with E-state index in [4.69, 9.17) is 0 Å². The topological polar surface area (TPSA) is 90.1 Å². The highest BCUT2D eigenvalue weighted by Gasteiger charge is 2.19. The Morgan fingerprint density at radius 3 is 2.29 bits per heavy atom. The molecule has 1 N–H and O–H groups in total. The molecule has 1 heterocycles. The number of aryl methyl sites for hydroxylation is 2. The summed E-state index contributed by atoms with van der Waals surface area (Å²) in [7, 11) is 0. The van der Waals surface area contributed by atoms with Crippen molar-refractivity contribution in [2.45, 2.75) is 13.8 Å².